The van der Waals surface area contributed by atoms with E-state index in [1.54, 1.807) is 4.57 Å². The molecule has 39 heavy (non-hydrogen) atoms. The molecule has 0 radical (unpaired) electrons. The number of halogens is 3. The largest absolute Gasteiger partial charge is 0.417 e. The summed E-state index contributed by atoms with van der Waals surface area (Å²) in [6.07, 6.45) is -1.43. The third-order valence-corrected chi connectivity index (χ3v) is 7.63. The van der Waals surface area contributed by atoms with Crippen molar-refractivity contribution in [1.82, 2.24) is 29.8 Å². The van der Waals surface area contributed by atoms with Gasteiger partial charge in [-0.15, -0.1) is 0 Å². The number of anilines is 2. The first-order valence-corrected chi connectivity index (χ1v) is 13.0. The number of rotatable bonds is 7. The number of alkyl halides is 3. The summed E-state index contributed by atoms with van der Waals surface area (Å²) in [7, 11) is 0. The molecule has 5 rings (SSSR count). The first-order chi connectivity index (χ1) is 18.6. The van der Waals surface area contributed by atoms with Gasteiger partial charge in [-0.3, -0.25) is 4.79 Å². The number of imidazole rings is 1. The van der Waals surface area contributed by atoms with E-state index in [4.69, 9.17) is 0 Å². The van der Waals surface area contributed by atoms with Crippen LogP contribution in [0.25, 0.3) is 11.2 Å². The van der Waals surface area contributed by atoms with E-state index in [0.717, 1.165) is 18.7 Å². The lowest BCUT2D eigenvalue weighted by Crippen LogP contribution is -2.41. The number of aliphatic hydroxyl groups is 2. The first kappa shape index (κ1) is 27.1. The zero-order valence-corrected chi connectivity index (χ0v) is 21.5. The Bertz CT molecular complexity index is 1320. The quantitative estimate of drug-likeness (QED) is 0.349. The molecule has 0 bridgehead atoms. The Balaban J connectivity index is 1.29. The van der Waals surface area contributed by atoms with Crippen LogP contribution in [-0.2, 0) is 11.0 Å². The molecule has 4 heterocycles. The van der Waals surface area contributed by atoms with E-state index in [-0.39, 0.29) is 24.4 Å². The lowest BCUT2D eigenvalue weighted by molar-refractivity contribution is -0.137. The summed E-state index contributed by atoms with van der Waals surface area (Å²) < 4.78 is 40.2. The van der Waals surface area contributed by atoms with Crippen molar-refractivity contribution in [1.29, 1.82) is 0 Å². The molecule has 0 aromatic carbocycles. The number of nitrogens with one attached hydrogen (secondary N) is 2. The van der Waals surface area contributed by atoms with Crippen molar-refractivity contribution < 1.29 is 28.2 Å². The summed E-state index contributed by atoms with van der Waals surface area (Å²) in [5.74, 6) is -0.123. The Morgan fingerprint density at radius 3 is 2.67 bits per heavy atom. The van der Waals surface area contributed by atoms with E-state index in [2.05, 4.69) is 30.6 Å². The van der Waals surface area contributed by atoms with E-state index in [0.29, 0.717) is 42.3 Å². The second-order valence-corrected chi connectivity index (χ2v) is 10.2. The molecule has 1 aliphatic heterocycles. The number of aromatic nitrogens is 5. The van der Waals surface area contributed by atoms with Gasteiger partial charge in [0.2, 0.25) is 5.91 Å². The van der Waals surface area contributed by atoms with Crippen LogP contribution in [-0.4, -0.2) is 78.0 Å². The predicted molar refractivity (Wildman–Crippen MR) is 136 cm³/mol. The van der Waals surface area contributed by atoms with Gasteiger partial charge in [0.25, 0.3) is 0 Å². The highest BCUT2D eigenvalue weighted by Gasteiger charge is 2.46. The summed E-state index contributed by atoms with van der Waals surface area (Å²) >= 11 is 0. The zero-order valence-electron chi connectivity index (χ0n) is 21.5. The number of amides is 1. The summed E-state index contributed by atoms with van der Waals surface area (Å²) in [5.41, 5.74) is 0.130. The number of fused-ring (bicyclic) bond motifs is 1. The van der Waals surface area contributed by atoms with Crippen LogP contribution in [0.15, 0.2) is 31.0 Å². The Labute approximate surface area is 222 Å². The van der Waals surface area contributed by atoms with E-state index in [1.807, 2.05) is 18.7 Å². The number of aliphatic hydroxyl groups excluding tert-OH is 2. The highest BCUT2D eigenvalue weighted by atomic mass is 19.4. The fourth-order valence-electron chi connectivity index (χ4n) is 5.22. The molecule has 1 saturated carbocycles. The van der Waals surface area contributed by atoms with Crippen molar-refractivity contribution in [3.8, 4) is 0 Å². The highest BCUT2D eigenvalue weighted by Crippen LogP contribution is 2.38. The molecule has 2 fully saturated rings. The fraction of sp³-hybridized carbons (Fsp3) is 0.560. The van der Waals surface area contributed by atoms with Crippen molar-refractivity contribution in [2.45, 2.75) is 69.6 Å². The predicted octanol–water partition coefficient (Wildman–Crippen LogP) is 2.13. The Morgan fingerprint density at radius 1 is 1.18 bits per heavy atom. The Morgan fingerprint density at radius 2 is 1.97 bits per heavy atom. The molecule has 210 valence electrons. The number of hydrogen-bond acceptors (Lipinski definition) is 9. The minimum atomic E-state index is -4.43. The normalized spacial score (nSPS) is 26.2. The molecule has 2 aliphatic rings. The van der Waals surface area contributed by atoms with Crippen LogP contribution in [0.2, 0.25) is 0 Å². The third-order valence-electron chi connectivity index (χ3n) is 7.63. The molecular formula is C25H31F3N8O3. The van der Waals surface area contributed by atoms with Crippen molar-refractivity contribution in [2.75, 3.05) is 23.3 Å². The van der Waals surface area contributed by atoms with Crippen molar-refractivity contribution in [3.63, 3.8) is 0 Å². The number of carbonyl (C=O) groups is 1. The molecule has 14 heteroatoms. The average Bonchev–Trinajstić information content (AvgIpc) is 3.62. The molecule has 3 aromatic rings. The van der Waals surface area contributed by atoms with Gasteiger partial charge < -0.3 is 30.3 Å². The molecule has 4 N–H and O–H groups in total. The van der Waals surface area contributed by atoms with E-state index >= 15 is 0 Å². The third kappa shape index (κ3) is 5.35. The monoisotopic (exact) mass is 548 g/mol. The lowest BCUT2D eigenvalue weighted by atomic mass is 10.0. The molecule has 0 spiro atoms. The number of nitrogens with zero attached hydrogens (tertiary/aromatic N) is 6. The second kappa shape index (κ2) is 10.6. The van der Waals surface area contributed by atoms with Gasteiger partial charge in [0.1, 0.15) is 23.8 Å². The lowest BCUT2D eigenvalue weighted by Gasteiger charge is -2.19. The molecular weight excluding hydrogens is 517 g/mol. The van der Waals surface area contributed by atoms with Gasteiger partial charge in [-0.1, -0.05) is 6.92 Å². The van der Waals surface area contributed by atoms with Gasteiger partial charge in [-0.25, -0.2) is 19.9 Å². The van der Waals surface area contributed by atoms with Gasteiger partial charge in [0.15, 0.2) is 11.5 Å². The summed E-state index contributed by atoms with van der Waals surface area (Å²) in [5, 5.41) is 27.6. The molecule has 1 aliphatic carbocycles. The minimum absolute atomic E-state index is 0.0436. The number of pyridine rings is 1. The maximum atomic E-state index is 12.9. The van der Waals surface area contributed by atoms with Crippen LogP contribution in [0.3, 0.4) is 0 Å². The van der Waals surface area contributed by atoms with Gasteiger partial charge >= 0.3 is 6.18 Å². The fourth-order valence-corrected chi connectivity index (χ4v) is 5.22. The van der Waals surface area contributed by atoms with E-state index in [1.165, 1.54) is 18.7 Å². The zero-order chi connectivity index (χ0) is 27.9. The topological polar surface area (TPSA) is 141 Å². The highest BCUT2D eigenvalue weighted by molar-refractivity contribution is 5.83. The molecule has 11 nitrogen and oxygen atoms in total. The molecule has 1 saturated heterocycles. The molecule has 3 aromatic heterocycles. The van der Waals surface area contributed by atoms with Gasteiger partial charge in [0, 0.05) is 31.4 Å². The SMILES string of the molecule is CC[C@H](C)NC(=O)[C@H]1C[C@@H](n2cnc3c(NC4CCN(c5ccc(C(F)(F)F)cn5)C4)ncnc32)[C@H](O)[C@@H]1O. The Hall–Kier alpha value is -3.52. The molecule has 6 atom stereocenters. The maximum Gasteiger partial charge on any atom is 0.417 e. The van der Waals surface area contributed by atoms with Crippen molar-refractivity contribution >= 4 is 28.7 Å². The smallest absolute Gasteiger partial charge is 0.390 e. The minimum Gasteiger partial charge on any atom is -0.390 e. The Kier molecular flexibility index (Phi) is 7.33. The van der Waals surface area contributed by atoms with Crippen molar-refractivity contribution in [2.24, 2.45) is 5.92 Å². The molecule has 1 amide bonds. The van der Waals surface area contributed by atoms with Crippen LogP contribution in [0.1, 0.15) is 44.7 Å². The van der Waals surface area contributed by atoms with E-state index in [9.17, 15) is 28.2 Å². The van der Waals surface area contributed by atoms with Crippen molar-refractivity contribution in [3.05, 3.63) is 36.5 Å². The summed E-state index contributed by atoms with van der Waals surface area (Å²) in [4.78, 5) is 31.7. The number of hydrogen-bond donors (Lipinski definition) is 4. The van der Waals surface area contributed by atoms with Crippen LogP contribution in [0.5, 0.6) is 0 Å². The number of carbonyl (C=O) groups excluding carboxylic acids is 1. The van der Waals surface area contributed by atoms with Gasteiger partial charge in [-0.2, -0.15) is 13.2 Å². The molecule has 1 unspecified atom stereocenters. The van der Waals surface area contributed by atoms with Gasteiger partial charge in [0.05, 0.1) is 30.0 Å². The second-order valence-electron chi connectivity index (χ2n) is 10.2. The first-order valence-electron chi connectivity index (χ1n) is 13.0. The maximum absolute atomic E-state index is 12.9. The van der Waals surface area contributed by atoms with E-state index < -0.39 is 35.9 Å². The summed E-state index contributed by atoms with van der Waals surface area (Å²) in [6, 6.07) is 1.68. The average molecular weight is 549 g/mol. The van der Waals surface area contributed by atoms with Crippen LogP contribution >= 0.6 is 0 Å². The summed E-state index contributed by atoms with van der Waals surface area (Å²) in [6.45, 7) is 4.94. The van der Waals surface area contributed by atoms with Crippen LogP contribution < -0.4 is 15.5 Å². The van der Waals surface area contributed by atoms with Crippen LogP contribution in [0, 0.1) is 5.92 Å². The standard InChI is InChI=1S/C25H31F3N8O3/c1-3-13(2)33-24(39)16-8-17(21(38)20(16)37)36-12-32-19-22(30-11-31-23(19)36)34-15-6-7-35(10-15)18-5-4-14(9-29-18)25(26,27)28/h4-5,9,11-13,15-17,20-21,37-38H,3,6-8,10H2,1-2H3,(H,33,39)(H,30,31,34)/t13-,15?,16-,17+,20+,21-/m0/s1. The van der Waals surface area contributed by atoms with Gasteiger partial charge in [-0.05, 0) is 38.3 Å². The van der Waals surface area contributed by atoms with Crippen LogP contribution in [0.4, 0.5) is 24.8 Å².